The highest BCUT2D eigenvalue weighted by Crippen LogP contribution is 2.32. The van der Waals surface area contributed by atoms with Crippen LogP contribution in [0.1, 0.15) is 79.8 Å². The molecule has 0 fully saturated rings. The Morgan fingerprint density at radius 2 is 1.83 bits per heavy atom. The molecule has 3 heterocycles. The van der Waals surface area contributed by atoms with Crippen molar-refractivity contribution in [1.82, 2.24) is 14.3 Å². The Kier molecular flexibility index (Phi) is 9.27. The minimum atomic E-state index is -0.996. The van der Waals surface area contributed by atoms with Gasteiger partial charge in [0, 0.05) is 47.8 Å². The van der Waals surface area contributed by atoms with E-state index in [1.165, 1.54) is 0 Å². The molecule has 2 aromatic heterocycles. The molecule has 2 atom stereocenters. The van der Waals surface area contributed by atoms with Crippen LogP contribution in [0.4, 0.5) is 5.69 Å². The predicted octanol–water partition coefficient (Wildman–Crippen LogP) is 6.22. The first-order chi connectivity index (χ1) is 22.4. The molecule has 1 aliphatic carbocycles. The van der Waals surface area contributed by atoms with Crippen molar-refractivity contribution in [2.75, 3.05) is 18.1 Å². The fourth-order valence-electron chi connectivity index (χ4n) is 6.97. The van der Waals surface area contributed by atoms with E-state index in [0.29, 0.717) is 56.6 Å². The topological polar surface area (TPSA) is 89.6 Å². The largest absolute Gasteiger partial charge is 0.494 e. The third-order valence-electron chi connectivity index (χ3n) is 9.37. The van der Waals surface area contributed by atoms with Gasteiger partial charge in [-0.1, -0.05) is 17.7 Å². The number of hydrogen-bond donors (Lipinski definition) is 1. The highest BCUT2D eigenvalue weighted by molar-refractivity contribution is 6.32. The van der Waals surface area contributed by atoms with Crippen LogP contribution in [0.5, 0.6) is 5.75 Å². The van der Waals surface area contributed by atoms with Gasteiger partial charge in [-0.05, 0) is 123 Å². The second-order valence-electron chi connectivity index (χ2n) is 12.8. The molecule has 2 aliphatic rings. The number of benzene rings is 2. The van der Waals surface area contributed by atoms with Gasteiger partial charge in [-0.2, -0.15) is 5.10 Å². The molecule has 0 spiro atoms. The first-order valence-electron chi connectivity index (χ1n) is 16.1. The molecular weight excluding hydrogens is 635 g/mol. The number of aryl methyl sites for hydroxylation is 5. The van der Waals surface area contributed by atoms with Gasteiger partial charge in [0.15, 0.2) is 0 Å². The van der Waals surface area contributed by atoms with Crippen molar-refractivity contribution in [3.8, 4) is 5.75 Å². The van der Waals surface area contributed by atoms with Crippen LogP contribution >= 0.6 is 23.2 Å². The van der Waals surface area contributed by atoms with Gasteiger partial charge >= 0.3 is 5.97 Å². The Balaban J connectivity index is 1.42. The number of aromatic carboxylic acids is 1. The first kappa shape index (κ1) is 32.9. The number of amides is 1. The third-order valence-corrected chi connectivity index (χ3v) is 10.3. The SMILES string of the molecule is Cc1cc(C(=O)O)ccc1N1CCC(Cc2cc(C)n(C)n2)n2c(c(CCCOc3cc(C)c(Cl)c(C)c3)c3c2=CC(Cl)CC=3)C1=O. The number of hydrogen-bond acceptors (Lipinski definition) is 4. The zero-order valence-electron chi connectivity index (χ0n) is 27.4. The molecule has 1 N–H and O–H groups in total. The summed E-state index contributed by atoms with van der Waals surface area (Å²) in [7, 11) is 1.94. The van der Waals surface area contributed by atoms with Crippen molar-refractivity contribution >= 4 is 52.9 Å². The molecule has 10 heteroatoms. The van der Waals surface area contributed by atoms with E-state index >= 15 is 0 Å². The lowest BCUT2D eigenvalue weighted by Gasteiger charge is -2.23. The third kappa shape index (κ3) is 6.46. The van der Waals surface area contributed by atoms with Crippen molar-refractivity contribution < 1.29 is 19.4 Å². The van der Waals surface area contributed by atoms with E-state index in [9.17, 15) is 14.7 Å². The molecule has 246 valence electrons. The van der Waals surface area contributed by atoms with Gasteiger partial charge in [-0.25, -0.2) is 4.79 Å². The Labute approximate surface area is 284 Å². The summed E-state index contributed by atoms with van der Waals surface area (Å²) < 4.78 is 10.3. The van der Waals surface area contributed by atoms with Crippen LogP contribution < -0.4 is 20.2 Å². The van der Waals surface area contributed by atoms with E-state index in [4.69, 9.17) is 33.0 Å². The number of alkyl halides is 1. The van der Waals surface area contributed by atoms with E-state index in [1.54, 1.807) is 18.2 Å². The molecule has 2 aromatic carbocycles. The summed E-state index contributed by atoms with van der Waals surface area (Å²) in [6.07, 6.45) is 7.63. The van der Waals surface area contributed by atoms with Gasteiger partial charge in [-0.15, -0.1) is 11.6 Å². The number of ether oxygens (including phenoxy) is 1. The summed E-state index contributed by atoms with van der Waals surface area (Å²) in [6, 6.07) is 10.9. The highest BCUT2D eigenvalue weighted by atomic mass is 35.5. The molecular formula is C37H40Cl2N4O4. The van der Waals surface area contributed by atoms with Crippen LogP contribution in [-0.4, -0.2) is 49.9 Å². The quantitative estimate of drug-likeness (QED) is 0.168. The number of aromatic nitrogens is 3. The molecule has 6 rings (SSSR count). The lowest BCUT2D eigenvalue weighted by atomic mass is 10.0. The molecule has 0 saturated heterocycles. The van der Waals surface area contributed by atoms with Crippen molar-refractivity contribution in [1.29, 1.82) is 0 Å². The minimum absolute atomic E-state index is 0.0442. The van der Waals surface area contributed by atoms with Gasteiger partial charge in [0.2, 0.25) is 0 Å². The lowest BCUT2D eigenvalue weighted by Crippen LogP contribution is -2.37. The number of carboxylic acid groups (broad SMARTS) is 1. The summed E-state index contributed by atoms with van der Waals surface area (Å²) in [5, 5.41) is 17.0. The van der Waals surface area contributed by atoms with Gasteiger partial charge in [-0.3, -0.25) is 9.48 Å². The molecule has 2 unspecified atom stereocenters. The van der Waals surface area contributed by atoms with E-state index in [0.717, 1.165) is 55.0 Å². The normalized spacial score (nSPS) is 17.4. The van der Waals surface area contributed by atoms with Crippen LogP contribution in [-0.2, 0) is 19.9 Å². The molecule has 1 amide bonds. The molecule has 4 aromatic rings. The number of halogens is 2. The number of carbonyl (C=O) groups excluding carboxylic acids is 1. The summed E-state index contributed by atoms with van der Waals surface area (Å²) in [5.41, 5.74) is 7.28. The monoisotopic (exact) mass is 674 g/mol. The van der Waals surface area contributed by atoms with Crippen LogP contribution in [0.3, 0.4) is 0 Å². The maximum absolute atomic E-state index is 14.8. The second kappa shape index (κ2) is 13.2. The van der Waals surface area contributed by atoms with Gasteiger partial charge in [0.25, 0.3) is 5.91 Å². The van der Waals surface area contributed by atoms with Gasteiger partial charge in [0.1, 0.15) is 11.4 Å². The predicted molar refractivity (Wildman–Crippen MR) is 187 cm³/mol. The van der Waals surface area contributed by atoms with Crippen LogP contribution in [0.25, 0.3) is 12.2 Å². The van der Waals surface area contributed by atoms with E-state index < -0.39 is 5.97 Å². The zero-order chi connectivity index (χ0) is 33.6. The minimum Gasteiger partial charge on any atom is -0.494 e. The summed E-state index contributed by atoms with van der Waals surface area (Å²) in [5.74, 6) is -0.317. The molecule has 1 aliphatic heterocycles. The maximum atomic E-state index is 14.8. The van der Waals surface area contributed by atoms with Crippen molar-refractivity contribution in [3.05, 3.63) is 96.9 Å². The van der Waals surface area contributed by atoms with Crippen LogP contribution in [0.15, 0.2) is 36.4 Å². The molecule has 0 radical (unpaired) electrons. The van der Waals surface area contributed by atoms with E-state index in [1.807, 2.05) is 56.5 Å². The molecule has 8 nitrogen and oxygen atoms in total. The molecule has 47 heavy (non-hydrogen) atoms. The van der Waals surface area contributed by atoms with Crippen molar-refractivity contribution in [3.63, 3.8) is 0 Å². The average Bonchev–Trinajstić information content (AvgIpc) is 3.47. The number of carboxylic acids is 1. The fraction of sp³-hybridized carbons (Fsp3) is 0.378. The fourth-order valence-corrected chi connectivity index (χ4v) is 7.28. The zero-order valence-corrected chi connectivity index (χ0v) is 29.0. The Morgan fingerprint density at radius 1 is 1.09 bits per heavy atom. The Morgan fingerprint density at radius 3 is 2.49 bits per heavy atom. The van der Waals surface area contributed by atoms with Crippen molar-refractivity contribution in [2.45, 2.75) is 71.2 Å². The van der Waals surface area contributed by atoms with Gasteiger partial charge in [0.05, 0.1) is 23.2 Å². The maximum Gasteiger partial charge on any atom is 0.335 e. The highest BCUT2D eigenvalue weighted by Gasteiger charge is 2.35. The number of anilines is 1. The molecule has 0 bridgehead atoms. The lowest BCUT2D eigenvalue weighted by molar-refractivity contribution is 0.0696. The standard InChI is InChI=1S/C37H40Cl2N4O4/c1-21-15-25(37(45)46)8-11-32(21)42-13-12-28(20-27-18-24(4)41(5)40-27)43-33-19-26(38)9-10-30(33)31(35(43)36(42)44)7-6-14-47-29-16-22(2)34(39)23(3)17-29/h8,10-11,15-19,26,28H,6-7,9,12-14,20H2,1-5H3,(H,45,46). The number of carbonyl (C=O) groups is 2. The Hall–Kier alpha value is -4.01. The van der Waals surface area contributed by atoms with E-state index in [2.05, 4.69) is 22.8 Å². The average molecular weight is 676 g/mol. The summed E-state index contributed by atoms with van der Waals surface area (Å²) in [6.45, 7) is 8.79. The number of fused-ring (bicyclic) bond motifs is 3. The second-order valence-corrected chi connectivity index (χ2v) is 13.7. The van der Waals surface area contributed by atoms with Crippen molar-refractivity contribution in [2.24, 2.45) is 7.05 Å². The summed E-state index contributed by atoms with van der Waals surface area (Å²) >= 11 is 13.1. The van der Waals surface area contributed by atoms with Gasteiger partial charge < -0.3 is 19.3 Å². The number of rotatable bonds is 9. The number of nitrogens with zero attached hydrogens (tertiary/aromatic N) is 4. The molecule has 0 saturated carbocycles. The smallest absolute Gasteiger partial charge is 0.335 e. The Bertz CT molecular complexity index is 1970. The van der Waals surface area contributed by atoms with Crippen LogP contribution in [0, 0.1) is 27.7 Å². The van der Waals surface area contributed by atoms with Crippen LogP contribution in [0.2, 0.25) is 5.02 Å². The summed E-state index contributed by atoms with van der Waals surface area (Å²) in [4.78, 5) is 28.3. The van der Waals surface area contributed by atoms with E-state index in [-0.39, 0.29) is 22.9 Å². The first-order valence-corrected chi connectivity index (χ1v) is 16.9.